The van der Waals surface area contributed by atoms with Gasteiger partial charge >= 0.3 is 5.97 Å². The van der Waals surface area contributed by atoms with Crippen LogP contribution in [0.5, 0.6) is 23.0 Å². The van der Waals surface area contributed by atoms with E-state index in [0.29, 0.717) is 60.2 Å². The number of nitrogens with zero attached hydrogens (tertiary/aromatic N) is 1. The maximum Gasteiger partial charge on any atom is 0.329 e. The highest BCUT2D eigenvalue weighted by atomic mass is 16.5. The molecule has 2 aromatic carbocycles. The van der Waals surface area contributed by atoms with E-state index in [1.54, 1.807) is 41.3 Å². The van der Waals surface area contributed by atoms with Gasteiger partial charge in [0.25, 0.3) is 5.91 Å². The minimum Gasteiger partial charge on any atom is -0.493 e. The van der Waals surface area contributed by atoms with Crippen molar-refractivity contribution in [3.63, 3.8) is 0 Å². The van der Waals surface area contributed by atoms with Crippen LogP contribution in [0.4, 0.5) is 0 Å². The molecule has 1 unspecified atom stereocenters. The number of esters is 1. The fourth-order valence-corrected chi connectivity index (χ4v) is 4.49. The first-order chi connectivity index (χ1) is 19.4. The highest BCUT2D eigenvalue weighted by Gasteiger charge is 2.33. The Balaban J connectivity index is 1.59. The Hall–Kier alpha value is -3.99. The number of ether oxygens (including phenoxy) is 5. The average molecular weight is 558 g/mol. The number of carbonyl (C=O) groups is 3. The number of piperidine rings is 1. The number of nitrogens with one attached hydrogen (secondary N) is 2. The van der Waals surface area contributed by atoms with Gasteiger partial charge in [-0.1, -0.05) is 12.1 Å². The molecular formula is C29H39N3O8. The normalized spacial score (nSPS) is 14.7. The third-order valence-electron chi connectivity index (χ3n) is 6.52. The topological polar surface area (TPSA) is 125 Å². The molecule has 2 N–H and O–H groups in total. The summed E-state index contributed by atoms with van der Waals surface area (Å²) in [5, 5.41) is 5.69. The molecule has 1 fully saturated rings. The van der Waals surface area contributed by atoms with Crippen LogP contribution in [0.15, 0.2) is 36.4 Å². The monoisotopic (exact) mass is 557 g/mol. The van der Waals surface area contributed by atoms with Crippen molar-refractivity contribution in [3.05, 3.63) is 47.5 Å². The fraction of sp³-hybridized carbons (Fsp3) is 0.483. The molecule has 1 saturated heterocycles. The zero-order valence-corrected chi connectivity index (χ0v) is 23.6. The third kappa shape index (κ3) is 8.51. The van der Waals surface area contributed by atoms with Gasteiger partial charge in [-0.15, -0.1) is 0 Å². The van der Waals surface area contributed by atoms with Crippen LogP contribution in [0.25, 0.3) is 0 Å². The number of benzene rings is 2. The maximum atomic E-state index is 13.3. The van der Waals surface area contributed by atoms with Gasteiger partial charge in [-0.2, -0.15) is 0 Å². The maximum absolute atomic E-state index is 13.3. The largest absolute Gasteiger partial charge is 0.493 e. The van der Waals surface area contributed by atoms with Crippen molar-refractivity contribution in [2.24, 2.45) is 0 Å². The van der Waals surface area contributed by atoms with Crippen molar-refractivity contribution in [3.8, 4) is 23.0 Å². The molecule has 1 aliphatic heterocycles. The molecular weight excluding hydrogens is 518 g/mol. The number of hydrogen-bond acceptors (Lipinski definition) is 9. The molecule has 3 rings (SSSR count). The van der Waals surface area contributed by atoms with Crippen LogP contribution >= 0.6 is 0 Å². The lowest BCUT2D eigenvalue weighted by atomic mass is 10.0. The minimum absolute atomic E-state index is 0.0236. The highest BCUT2D eigenvalue weighted by Crippen LogP contribution is 2.38. The van der Waals surface area contributed by atoms with Crippen molar-refractivity contribution in [1.82, 2.24) is 15.5 Å². The Kier molecular flexibility index (Phi) is 11.9. The van der Waals surface area contributed by atoms with Crippen molar-refractivity contribution < 1.29 is 38.1 Å². The van der Waals surface area contributed by atoms with E-state index in [0.717, 1.165) is 12.8 Å². The molecule has 40 heavy (non-hydrogen) atoms. The molecule has 0 radical (unpaired) electrons. The molecule has 11 nitrogen and oxygen atoms in total. The first-order valence-corrected chi connectivity index (χ1v) is 13.3. The number of rotatable bonds is 14. The smallest absolute Gasteiger partial charge is 0.329 e. The molecule has 2 amide bonds. The minimum atomic E-state index is -0.663. The molecule has 11 heteroatoms. The van der Waals surface area contributed by atoms with Gasteiger partial charge < -0.3 is 39.2 Å². The van der Waals surface area contributed by atoms with Gasteiger partial charge in [0.2, 0.25) is 11.7 Å². The summed E-state index contributed by atoms with van der Waals surface area (Å²) >= 11 is 0. The number of hydrogen-bond donors (Lipinski definition) is 2. The van der Waals surface area contributed by atoms with E-state index in [2.05, 4.69) is 10.6 Å². The summed E-state index contributed by atoms with van der Waals surface area (Å²) in [7, 11) is 6.36. The fourth-order valence-electron chi connectivity index (χ4n) is 4.49. The molecule has 1 heterocycles. The summed E-state index contributed by atoms with van der Waals surface area (Å²) in [4.78, 5) is 39.9. The second-order valence-electron chi connectivity index (χ2n) is 9.31. The van der Waals surface area contributed by atoms with E-state index in [-0.39, 0.29) is 31.4 Å². The standard InChI is InChI=1S/C29H39N3O8/c1-30-11-12-31-26(33)19-39-22-9-7-8-20(14-22)18-40-29(35)23-10-5-6-13-32(23)27(34)17-21-15-24(36-2)28(38-4)25(16-21)37-3/h7-9,14-16,23,30H,5-6,10-13,17-19H2,1-4H3,(H,31,33). The molecule has 0 saturated carbocycles. The Bertz CT molecular complexity index is 1130. The third-order valence-corrected chi connectivity index (χ3v) is 6.52. The molecule has 0 aliphatic carbocycles. The number of likely N-dealkylation sites (N-methyl/N-ethyl adjacent to an activating group) is 1. The van der Waals surface area contributed by atoms with Crippen molar-refractivity contribution in [1.29, 1.82) is 0 Å². The highest BCUT2D eigenvalue weighted by molar-refractivity contribution is 5.86. The SMILES string of the molecule is CNCCNC(=O)COc1cccc(COC(=O)C2CCCCN2C(=O)Cc2cc(OC)c(OC)c(OC)c2)c1. The van der Waals surface area contributed by atoms with Crippen molar-refractivity contribution in [2.45, 2.75) is 38.3 Å². The molecule has 0 aromatic heterocycles. The summed E-state index contributed by atoms with van der Waals surface area (Å²) in [6.07, 6.45) is 2.24. The number of amides is 2. The summed E-state index contributed by atoms with van der Waals surface area (Å²) in [6, 6.07) is 9.84. The summed E-state index contributed by atoms with van der Waals surface area (Å²) in [5.41, 5.74) is 1.40. The van der Waals surface area contributed by atoms with E-state index >= 15 is 0 Å². The van der Waals surface area contributed by atoms with E-state index in [4.69, 9.17) is 23.7 Å². The predicted molar refractivity (Wildman–Crippen MR) is 148 cm³/mol. The second kappa shape index (κ2) is 15.6. The van der Waals surface area contributed by atoms with Crippen LogP contribution in [-0.2, 0) is 32.1 Å². The lowest BCUT2D eigenvalue weighted by molar-refractivity contribution is -0.158. The zero-order valence-electron chi connectivity index (χ0n) is 23.6. The first kappa shape index (κ1) is 30.6. The lowest BCUT2D eigenvalue weighted by Gasteiger charge is -2.34. The van der Waals surface area contributed by atoms with Crippen LogP contribution < -0.4 is 29.6 Å². The molecule has 1 aliphatic rings. The summed E-state index contributed by atoms with van der Waals surface area (Å²) in [6.45, 7) is 1.57. The Morgan fingerprint density at radius 2 is 1.70 bits per heavy atom. The molecule has 0 spiro atoms. The zero-order chi connectivity index (χ0) is 28.9. The first-order valence-electron chi connectivity index (χ1n) is 13.3. The number of carbonyl (C=O) groups excluding carboxylic acids is 3. The Morgan fingerprint density at radius 1 is 0.950 bits per heavy atom. The lowest BCUT2D eigenvalue weighted by Crippen LogP contribution is -2.49. The molecule has 1 atom stereocenters. The molecule has 0 bridgehead atoms. The van der Waals surface area contributed by atoms with Crippen LogP contribution in [0, 0.1) is 0 Å². The van der Waals surface area contributed by atoms with Crippen molar-refractivity contribution in [2.75, 3.05) is 54.6 Å². The van der Waals surface area contributed by atoms with Crippen LogP contribution in [0.2, 0.25) is 0 Å². The Labute approximate surface area is 235 Å². The van der Waals surface area contributed by atoms with Gasteiger partial charge in [0.05, 0.1) is 27.8 Å². The summed E-state index contributed by atoms with van der Waals surface area (Å²) < 4.78 is 27.3. The molecule has 218 valence electrons. The molecule has 2 aromatic rings. The second-order valence-corrected chi connectivity index (χ2v) is 9.31. The van der Waals surface area contributed by atoms with Crippen LogP contribution in [0.3, 0.4) is 0 Å². The van der Waals surface area contributed by atoms with Gasteiger partial charge in [-0.25, -0.2) is 4.79 Å². The van der Waals surface area contributed by atoms with E-state index in [9.17, 15) is 14.4 Å². The number of methoxy groups -OCH3 is 3. The predicted octanol–water partition coefficient (Wildman–Crippen LogP) is 2.09. The Morgan fingerprint density at radius 3 is 2.38 bits per heavy atom. The summed E-state index contributed by atoms with van der Waals surface area (Å²) in [5.74, 6) is 1.01. The van der Waals surface area contributed by atoms with Gasteiger partial charge in [-0.05, 0) is 61.7 Å². The van der Waals surface area contributed by atoms with Gasteiger partial charge in [0.15, 0.2) is 18.1 Å². The van der Waals surface area contributed by atoms with Gasteiger partial charge in [0, 0.05) is 19.6 Å². The van der Waals surface area contributed by atoms with E-state index in [1.807, 2.05) is 7.05 Å². The average Bonchev–Trinajstić information content (AvgIpc) is 2.98. The van der Waals surface area contributed by atoms with Gasteiger partial charge in [-0.3, -0.25) is 9.59 Å². The van der Waals surface area contributed by atoms with E-state index < -0.39 is 12.0 Å². The van der Waals surface area contributed by atoms with Gasteiger partial charge in [0.1, 0.15) is 18.4 Å². The quantitative estimate of drug-likeness (QED) is 0.265. The number of likely N-dealkylation sites (tertiary alicyclic amines) is 1. The van der Waals surface area contributed by atoms with E-state index in [1.165, 1.54) is 21.3 Å². The van der Waals surface area contributed by atoms with Crippen LogP contribution in [-0.4, -0.2) is 83.3 Å². The van der Waals surface area contributed by atoms with Crippen LogP contribution in [0.1, 0.15) is 30.4 Å². The van der Waals surface area contributed by atoms with Crippen molar-refractivity contribution >= 4 is 17.8 Å².